The summed E-state index contributed by atoms with van der Waals surface area (Å²) in [7, 11) is 0. The summed E-state index contributed by atoms with van der Waals surface area (Å²) >= 11 is 5.40. The molecule has 0 saturated carbocycles. The van der Waals surface area contributed by atoms with Crippen LogP contribution < -0.4 is 5.32 Å². The Morgan fingerprint density at radius 3 is 2.82 bits per heavy atom. The summed E-state index contributed by atoms with van der Waals surface area (Å²) in [5.74, 6) is -0.926. The van der Waals surface area contributed by atoms with Crippen molar-refractivity contribution in [3.05, 3.63) is 29.3 Å². The third-order valence-electron chi connectivity index (χ3n) is 4.04. The number of anilines is 1. The van der Waals surface area contributed by atoms with Gasteiger partial charge in [0.25, 0.3) is 0 Å². The number of carboxylic acids is 1. The largest absolute Gasteiger partial charge is 0.478 e. The first-order chi connectivity index (χ1) is 10.6. The maximum Gasteiger partial charge on any atom is 0.335 e. The van der Waals surface area contributed by atoms with Gasteiger partial charge in [-0.05, 0) is 29.9 Å². The molecule has 3 rings (SSSR count). The number of rotatable bonds is 4. The Morgan fingerprint density at radius 1 is 1.32 bits per heavy atom. The highest BCUT2D eigenvalue weighted by Crippen LogP contribution is 2.24. The van der Waals surface area contributed by atoms with E-state index >= 15 is 0 Å². The van der Waals surface area contributed by atoms with Gasteiger partial charge in [0.05, 0.1) is 18.8 Å². The number of benzene rings is 1. The normalized spacial score (nSPS) is 18.7. The molecule has 118 valence electrons. The van der Waals surface area contributed by atoms with Crippen LogP contribution in [0.4, 0.5) is 5.69 Å². The number of fused-ring (bicyclic) bond motifs is 1. The lowest BCUT2D eigenvalue weighted by molar-refractivity contribution is 0.0357. The van der Waals surface area contributed by atoms with E-state index in [0.29, 0.717) is 11.7 Å². The average Bonchev–Trinajstić information content (AvgIpc) is 2.53. The maximum absolute atomic E-state index is 11.0. The van der Waals surface area contributed by atoms with Crippen LogP contribution in [0.25, 0.3) is 0 Å². The lowest BCUT2D eigenvalue weighted by Crippen LogP contribution is -2.45. The maximum atomic E-state index is 11.0. The molecule has 0 aromatic heterocycles. The van der Waals surface area contributed by atoms with Gasteiger partial charge in [-0.25, -0.2) is 4.79 Å². The first kappa shape index (κ1) is 15.2. The minimum atomic E-state index is -0.926. The number of nitrogens with zero attached hydrogens (tertiary/aromatic N) is 2. The van der Waals surface area contributed by atoms with E-state index in [1.165, 1.54) is 0 Å². The van der Waals surface area contributed by atoms with Crippen LogP contribution in [0.5, 0.6) is 0 Å². The molecular weight excluding hydrogens is 302 g/mol. The molecule has 1 aromatic rings. The van der Waals surface area contributed by atoms with Crippen molar-refractivity contribution < 1.29 is 14.6 Å². The quantitative estimate of drug-likeness (QED) is 0.809. The Balaban J connectivity index is 1.63. The van der Waals surface area contributed by atoms with E-state index < -0.39 is 5.97 Å². The summed E-state index contributed by atoms with van der Waals surface area (Å²) in [6, 6.07) is 5.13. The van der Waals surface area contributed by atoms with Crippen LogP contribution >= 0.6 is 12.2 Å². The van der Waals surface area contributed by atoms with Crippen molar-refractivity contribution in [3.8, 4) is 0 Å². The molecule has 6 nitrogen and oxygen atoms in total. The molecule has 0 atom stereocenters. The minimum absolute atomic E-state index is 0.274. The Bertz CT molecular complexity index is 587. The topological polar surface area (TPSA) is 65.0 Å². The zero-order chi connectivity index (χ0) is 15.5. The molecule has 0 aliphatic carbocycles. The number of hydrogen-bond donors (Lipinski definition) is 2. The zero-order valence-electron chi connectivity index (χ0n) is 12.2. The molecule has 2 N–H and O–H groups in total. The third kappa shape index (κ3) is 3.37. The zero-order valence-corrected chi connectivity index (χ0v) is 13.1. The Kier molecular flexibility index (Phi) is 4.56. The molecule has 0 radical (unpaired) electrons. The lowest BCUT2D eigenvalue weighted by Gasteiger charge is -2.34. The molecule has 0 amide bonds. The lowest BCUT2D eigenvalue weighted by atomic mass is 10.1. The molecule has 0 unspecified atom stereocenters. The van der Waals surface area contributed by atoms with Gasteiger partial charge in [-0.2, -0.15) is 0 Å². The number of aromatic carboxylic acids is 1. The first-order valence-corrected chi connectivity index (χ1v) is 7.76. The van der Waals surface area contributed by atoms with Gasteiger partial charge in [0.2, 0.25) is 0 Å². The van der Waals surface area contributed by atoms with Crippen LogP contribution in [0.2, 0.25) is 0 Å². The molecule has 1 fully saturated rings. The van der Waals surface area contributed by atoms with Gasteiger partial charge in [0.1, 0.15) is 0 Å². The summed E-state index contributed by atoms with van der Waals surface area (Å²) < 4.78 is 5.35. The van der Waals surface area contributed by atoms with Crippen molar-refractivity contribution in [2.24, 2.45) is 0 Å². The predicted octanol–water partition coefficient (Wildman–Crippen LogP) is 1.23. The van der Waals surface area contributed by atoms with Gasteiger partial charge in [-0.1, -0.05) is 6.07 Å². The van der Waals surface area contributed by atoms with Crippen LogP contribution in [0.3, 0.4) is 0 Å². The summed E-state index contributed by atoms with van der Waals surface area (Å²) in [6.07, 6.45) is 0. The molecular formula is C15H19N3O3S. The SMILES string of the molecule is O=C(O)c1ccc2c(c1)NC(=S)N(CCN1CCOCC1)C2. The van der Waals surface area contributed by atoms with E-state index in [9.17, 15) is 4.79 Å². The fourth-order valence-corrected chi connectivity index (χ4v) is 2.97. The van der Waals surface area contributed by atoms with Crippen molar-refractivity contribution >= 4 is 29.0 Å². The van der Waals surface area contributed by atoms with Crippen LogP contribution in [0.1, 0.15) is 15.9 Å². The number of carbonyl (C=O) groups is 1. The predicted molar refractivity (Wildman–Crippen MR) is 87.3 cm³/mol. The van der Waals surface area contributed by atoms with E-state index in [0.717, 1.165) is 50.6 Å². The van der Waals surface area contributed by atoms with Gasteiger partial charge in [-0.15, -0.1) is 0 Å². The van der Waals surface area contributed by atoms with Crippen molar-refractivity contribution in [3.63, 3.8) is 0 Å². The Morgan fingerprint density at radius 2 is 2.09 bits per heavy atom. The monoisotopic (exact) mass is 321 g/mol. The standard InChI is InChI=1S/C15H19N3O3S/c19-14(20)11-1-2-12-10-18(15(22)16-13(12)9-11)4-3-17-5-7-21-8-6-17/h1-2,9H,3-8,10H2,(H,16,22)(H,19,20). The van der Waals surface area contributed by atoms with Crippen LogP contribution in [0, 0.1) is 0 Å². The van der Waals surface area contributed by atoms with Gasteiger partial charge < -0.3 is 20.1 Å². The molecule has 7 heteroatoms. The van der Waals surface area contributed by atoms with Crippen molar-refractivity contribution in [2.75, 3.05) is 44.7 Å². The second kappa shape index (κ2) is 6.60. The second-order valence-electron chi connectivity index (χ2n) is 5.48. The smallest absolute Gasteiger partial charge is 0.335 e. The summed E-state index contributed by atoms with van der Waals surface area (Å²) in [6.45, 7) is 6.04. The number of hydrogen-bond acceptors (Lipinski definition) is 4. The van der Waals surface area contributed by atoms with E-state index in [4.69, 9.17) is 22.1 Å². The molecule has 1 saturated heterocycles. The average molecular weight is 321 g/mol. The summed E-state index contributed by atoms with van der Waals surface area (Å²) in [5.41, 5.74) is 2.14. The highest BCUT2D eigenvalue weighted by molar-refractivity contribution is 7.80. The Labute approximate surface area is 134 Å². The molecule has 0 bridgehead atoms. The third-order valence-corrected chi connectivity index (χ3v) is 4.40. The van der Waals surface area contributed by atoms with Crippen LogP contribution in [-0.2, 0) is 11.3 Å². The molecule has 2 aliphatic rings. The molecule has 0 spiro atoms. The number of nitrogens with one attached hydrogen (secondary N) is 1. The number of thiocarbonyl (C=S) groups is 1. The van der Waals surface area contributed by atoms with Gasteiger partial charge in [0, 0.05) is 38.4 Å². The van der Waals surface area contributed by atoms with E-state index in [1.807, 2.05) is 6.07 Å². The van der Waals surface area contributed by atoms with E-state index in [-0.39, 0.29) is 5.56 Å². The number of morpholine rings is 1. The van der Waals surface area contributed by atoms with Gasteiger partial charge in [0.15, 0.2) is 5.11 Å². The number of ether oxygens (including phenoxy) is 1. The molecule has 22 heavy (non-hydrogen) atoms. The Hall–Kier alpha value is -1.70. The van der Waals surface area contributed by atoms with E-state index in [1.54, 1.807) is 12.1 Å². The first-order valence-electron chi connectivity index (χ1n) is 7.36. The fourth-order valence-electron chi connectivity index (χ4n) is 2.70. The second-order valence-corrected chi connectivity index (χ2v) is 5.87. The molecule has 1 aromatic carbocycles. The summed E-state index contributed by atoms with van der Waals surface area (Å²) in [5, 5.41) is 12.8. The highest BCUT2D eigenvalue weighted by Gasteiger charge is 2.21. The fraction of sp³-hybridized carbons (Fsp3) is 0.467. The van der Waals surface area contributed by atoms with Crippen LogP contribution in [0.15, 0.2) is 18.2 Å². The van der Waals surface area contributed by atoms with Crippen LogP contribution in [-0.4, -0.2) is 65.4 Å². The van der Waals surface area contributed by atoms with Crippen molar-refractivity contribution in [1.82, 2.24) is 9.80 Å². The van der Waals surface area contributed by atoms with Gasteiger partial charge in [-0.3, -0.25) is 4.90 Å². The minimum Gasteiger partial charge on any atom is -0.478 e. The molecule has 2 aliphatic heterocycles. The van der Waals surface area contributed by atoms with Gasteiger partial charge >= 0.3 is 5.97 Å². The van der Waals surface area contributed by atoms with E-state index in [2.05, 4.69) is 15.1 Å². The number of carboxylic acid groups (broad SMARTS) is 1. The van der Waals surface area contributed by atoms with Crippen molar-refractivity contribution in [1.29, 1.82) is 0 Å². The molecule has 2 heterocycles. The van der Waals surface area contributed by atoms with Crippen molar-refractivity contribution in [2.45, 2.75) is 6.54 Å². The highest BCUT2D eigenvalue weighted by atomic mass is 32.1. The summed E-state index contributed by atoms with van der Waals surface area (Å²) in [4.78, 5) is 15.5.